The van der Waals surface area contributed by atoms with Crippen molar-refractivity contribution in [1.29, 1.82) is 0 Å². The molecule has 1 aliphatic heterocycles. The molecule has 0 spiro atoms. The van der Waals surface area contributed by atoms with Gasteiger partial charge in [-0.2, -0.15) is 0 Å². The fourth-order valence-electron chi connectivity index (χ4n) is 1.98. The molecule has 1 atom stereocenters. The van der Waals surface area contributed by atoms with Crippen LogP contribution in [-0.4, -0.2) is 29.2 Å². The van der Waals surface area contributed by atoms with Crippen LogP contribution in [0, 0.1) is 17.6 Å². The summed E-state index contributed by atoms with van der Waals surface area (Å²) >= 11 is 3.36. The first-order valence-corrected chi connectivity index (χ1v) is 6.55. The van der Waals surface area contributed by atoms with Crippen LogP contribution in [0.4, 0.5) is 8.78 Å². The summed E-state index contributed by atoms with van der Waals surface area (Å²) in [4.78, 5) is 13.6. The van der Waals surface area contributed by atoms with E-state index < -0.39 is 17.5 Å². The molecule has 0 radical (unpaired) electrons. The van der Waals surface area contributed by atoms with E-state index in [0.717, 1.165) is 17.8 Å². The largest absolute Gasteiger partial charge is 0.338 e. The third-order valence-electron chi connectivity index (χ3n) is 2.97. The highest BCUT2D eigenvalue weighted by Gasteiger charge is 2.28. The fraction of sp³-hybridized carbons (Fsp3) is 0.417. The second-order valence-electron chi connectivity index (χ2n) is 4.16. The molecule has 1 unspecified atom stereocenters. The molecule has 1 aromatic rings. The predicted molar refractivity (Wildman–Crippen MR) is 64.2 cm³/mol. The van der Waals surface area contributed by atoms with Crippen LogP contribution in [0.5, 0.6) is 0 Å². The van der Waals surface area contributed by atoms with Crippen LogP contribution in [0.15, 0.2) is 18.2 Å². The molecule has 1 aromatic carbocycles. The molecule has 1 fully saturated rings. The summed E-state index contributed by atoms with van der Waals surface area (Å²) in [6, 6.07) is 3.68. The van der Waals surface area contributed by atoms with E-state index >= 15 is 0 Å². The zero-order valence-corrected chi connectivity index (χ0v) is 10.7. The van der Waals surface area contributed by atoms with Gasteiger partial charge in [-0.25, -0.2) is 8.78 Å². The molecular formula is C12H12BrF2NO. The van der Waals surface area contributed by atoms with Gasteiger partial charge in [0.2, 0.25) is 0 Å². The number of rotatable bonds is 2. The topological polar surface area (TPSA) is 20.3 Å². The first-order chi connectivity index (χ1) is 8.13. The molecule has 92 valence electrons. The summed E-state index contributed by atoms with van der Waals surface area (Å²) in [5, 5.41) is 0.822. The Labute approximate surface area is 107 Å². The molecule has 0 bridgehead atoms. The summed E-state index contributed by atoms with van der Waals surface area (Å²) < 4.78 is 26.5. The van der Waals surface area contributed by atoms with E-state index in [1.165, 1.54) is 12.1 Å². The van der Waals surface area contributed by atoms with Gasteiger partial charge in [0.05, 0.1) is 5.56 Å². The van der Waals surface area contributed by atoms with Crippen LogP contribution in [-0.2, 0) is 0 Å². The Morgan fingerprint density at radius 3 is 2.88 bits per heavy atom. The standard InChI is InChI=1S/C12H12BrF2NO/c13-6-8-4-5-16(7-8)12(17)9-2-1-3-10(14)11(9)15/h1-3,8H,4-7H2. The number of hydrogen-bond acceptors (Lipinski definition) is 1. The Kier molecular flexibility index (Phi) is 3.76. The molecule has 5 heteroatoms. The van der Waals surface area contributed by atoms with E-state index in [4.69, 9.17) is 0 Å². The Hall–Kier alpha value is -0.970. The summed E-state index contributed by atoms with van der Waals surface area (Å²) in [6.07, 6.45) is 0.897. The lowest BCUT2D eigenvalue weighted by atomic mass is 10.1. The Bertz CT molecular complexity index is 439. The van der Waals surface area contributed by atoms with Crippen molar-refractivity contribution in [2.24, 2.45) is 5.92 Å². The average Bonchev–Trinajstić information content (AvgIpc) is 2.80. The van der Waals surface area contributed by atoms with Gasteiger partial charge in [0, 0.05) is 18.4 Å². The maximum absolute atomic E-state index is 13.5. The minimum Gasteiger partial charge on any atom is -0.338 e. The monoisotopic (exact) mass is 303 g/mol. The molecule has 1 saturated heterocycles. The summed E-state index contributed by atoms with van der Waals surface area (Å²) in [5.74, 6) is -2.06. The van der Waals surface area contributed by atoms with Crippen molar-refractivity contribution in [1.82, 2.24) is 4.90 Å². The van der Waals surface area contributed by atoms with Crippen molar-refractivity contribution in [2.75, 3.05) is 18.4 Å². The van der Waals surface area contributed by atoms with E-state index in [1.54, 1.807) is 4.90 Å². The number of benzene rings is 1. The van der Waals surface area contributed by atoms with Gasteiger partial charge in [-0.1, -0.05) is 22.0 Å². The second-order valence-corrected chi connectivity index (χ2v) is 4.81. The van der Waals surface area contributed by atoms with Gasteiger partial charge >= 0.3 is 0 Å². The Balaban J connectivity index is 2.18. The average molecular weight is 304 g/mol. The Morgan fingerprint density at radius 2 is 2.24 bits per heavy atom. The molecule has 17 heavy (non-hydrogen) atoms. The number of carbonyl (C=O) groups excluding carboxylic acids is 1. The molecule has 1 aliphatic rings. The molecule has 0 N–H and O–H groups in total. The van der Waals surface area contributed by atoms with E-state index in [1.807, 2.05) is 0 Å². The normalized spacial score (nSPS) is 19.7. The van der Waals surface area contributed by atoms with Gasteiger partial charge in [-0.3, -0.25) is 4.79 Å². The summed E-state index contributed by atoms with van der Waals surface area (Å²) in [5.41, 5.74) is -0.180. The second kappa shape index (κ2) is 5.12. The van der Waals surface area contributed by atoms with Crippen molar-refractivity contribution < 1.29 is 13.6 Å². The van der Waals surface area contributed by atoms with E-state index in [0.29, 0.717) is 19.0 Å². The minimum absolute atomic E-state index is 0.180. The lowest BCUT2D eigenvalue weighted by Crippen LogP contribution is -2.29. The van der Waals surface area contributed by atoms with Crippen molar-refractivity contribution in [2.45, 2.75) is 6.42 Å². The molecule has 1 heterocycles. The maximum atomic E-state index is 13.5. The summed E-state index contributed by atoms with van der Waals surface area (Å²) in [6.45, 7) is 1.20. The number of halogens is 3. The minimum atomic E-state index is -1.06. The Morgan fingerprint density at radius 1 is 1.47 bits per heavy atom. The molecule has 2 rings (SSSR count). The molecule has 0 aromatic heterocycles. The number of carbonyl (C=O) groups is 1. The van der Waals surface area contributed by atoms with Crippen LogP contribution in [0.2, 0.25) is 0 Å². The number of likely N-dealkylation sites (tertiary alicyclic amines) is 1. The van der Waals surface area contributed by atoms with E-state index in [9.17, 15) is 13.6 Å². The van der Waals surface area contributed by atoms with Crippen molar-refractivity contribution in [3.63, 3.8) is 0 Å². The van der Waals surface area contributed by atoms with Gasteiger partial charge < -0.3 is 4.90 Å². The van der Waals surface area contributed by atoms with Gasteiger partial charge in [0.25, 0.3) is 5.91 Å². The van der Waals surface area contributed by atoms with Crippen molar-refractivity contribution in [3.8, 4) is 0 Å². The maximum Gasteiger partial charge on any atom is 0.256 e. The SMILES string of the molecule is O=C(c1cccc(F)c1F)N1CCC(CBr)C1. The molecular weight excluding hydrogens is 292 g/mol. The quantitative estimate of drug-likeness (QED) is 0.769. The van der Waals surface area contributed by atoms with Gasteiger partial charge in [0.15, 0.2) is 11.6 Å². The van der Waals surface area contributed by atoms with Crippen molar-refractivity contribution >= 4 is 21.8 Å². The van der Waals surface area contributed by atoms with Crippen LogP contribution >= 0.6 is 15.9 Å². The zero-order chi connectivity index (χ0) is 12.4. The van der Waals surface area contributed by atoms with Gasteiger partial charge in [-0.05, 0) is 24.5 Å². The van der Waals surface area contributed by atoms with Gasteiger partial charge in [-0.15, -0.1) is 0 Å². The summed E-state index contributed by atoms with van der Waals surface area (Å²) in [7, 11) is 0. The third kappa shape index (κ3) is 2.49. The number of alkyl halides is 1. The first kappa shape index (κ1) is 12.5. The smallest absolute Gasteiger partial charge is 0.256 e. The predicted octanol–water partition coefficient (Wildman–Crippen LogP) is 2.82. The third-order valence-corrected chi connectivity index (χ3v) is 3.89. The van der Waals surface area contributed by atoms with Crippen LogP contribution in [0.1, 0.15) is 16.8 Å². The number of amides is 1. The van der Waals surface area contributed by atoms with Crippen LogP contribution in [0.25, 0.3) is 0 Å². The highest BCUT2D eigenvalue weighted by atomic mass is 79.9. The van der Waals surface area contributed by atoms with Crippen LogP contribution < -0.4 is 0 Å². The lowest BCUT2D eigenvalue weighted by molar-refractivity contribution is 0.0782. The zero-order valence-electron chi connectivity index (χ0n) is 9.13. The van der Waals surface area contributed by atoms with Crippen LogP contribution in [0.3, 0.4) is 0 Å². The highest BCUT2D eigenvalue weighted by Crippen LogP contribution is 2.21. The van der Waals surface area contributed by atoms with E-state index in [2.05, 4.69) is 15.9 Å². The number of nitrogens with zero attached hydrogens (tertiary/aromatic N) is 1. The van der Waals surface area contributed by atoms with Gasteiger partial charge in [0.1, 0.15) is 0 Å². The molecule has 0 aliphatic carbocycles. The van der Waals surface area contributed by atoms with E-state index in [-0.39, 0.29) is 5.56 Å². The number of hydrogen-bond donors (Lipinski definition) is 0. The molecule has 2 nitrogen and oxygen atoms in total. The molecule has 0 saturated carbocycles. The highest BCUT2D eigenvalue weighted by molar-refractivity contribution is 9.09. The lowest BCUT2D eigenvalue weighted by Gasteiger charge is -2.16. The first-order valence-electron chi connectivity index (χ1n) is 5.42. The molecule has 1 amide bonds. The fourth-order valence-corrected chi connectivity index (χ4v) is 2.51. The van der Waals surface area contributed by atoms with Crippen molar-refractivity contribution in [3.05, 3.63) is 35.4 Å².